The van der Waals surface area contributed by atoms with Gasteiger partial charge in [0.2, 0.25) is 0 Å². The van der Waals surface area contributed by atoms with Crippen molar-refractivity contribution < 1.29 is 13.5 Å². The number of nitrogens with zero attached hydrogens (tertiary/aromatic N) is 1. The molecule has 3 nitrogen and oxygen atoms in total. The normalized spacial score (nSPS) is 12.5. The summed E-state index contributed by atoms with van der Waals surface area (Å²) in [5, 5.41) is 0. The molecular weight excluding hydrogens is 250 g/mol. The molecule has 0 radical (unpaired) electrons. The molecule has 0 saturated carbocycles. The summed E-state index contributed by atoms with van der Waals surface area (Å²) in [5.41, 5.74) is 6.16. The van der Waals surface area contributed by atoms with Gasteiger partial charge in [0.05, 0.1) is 6.54 Å². The van der Waals surface area contributed by atoms with E-state index in [1.165, 1.54) is 6.20 Å². The third-order valence-corrected chi connectivity index (χ3v) is 2.12. The van der Waals surface area contributed by atoms with Crippen molar-refractivity contribution in [2.75, 3.05) is 13.2 Å². The Morgan fingerprint density at radius 2 is 2.00 bits per heavy atom. The molecule has 0 atom stereocenters. The number of nitrogens with two attached hydrogens (primary N) is 1. The van der Waals surface area contributed by atoms with Gasteiger partial charge in [0.15, 0.2) is 0 Å². The fourth-order valence-corrected chi connectivity index (χ4v) is 1.33. The molecule has 0 saturated heterocycles. The highest BCUT2D eigenvalue weighted by Crippen LogP contribution is 2.14. The molecule has 1 aromatic rings. The van der Waals surface area contributed by atoms with Crippen molar-refractivity contribution in [3.05, 3.63) is 53.8 Å². The van der Waals surface area contributed by atoms with Gasteiger partial charge in [-0.1, -0.05) is 12.2 Å². The molecule has 19 heavy (non-hydrogen) atoms. The SMILES string of the molecule is C/C=C/C(C=NCCOc1cc(F)cc(F)c1)=CN. The number of aliphatic imine (C=N–C) groups is 1. The van der Waals surface area contributed by atoms with Crippen LogP contribution in [-0.4, -0.2) is 19.4 Å². The minimum absolute atomic E-state index is 0.149. The van der Waals surface area contributed by atoms with Crippen molar-refractivity contribution in [2.45, 2.75) is 6.92 Å². The number of rotatable bonds is 6. The Bertz CT molecular complexity index is 476. The minimum Gasteiger partial charge on any atom is -0.491 e. The van der Waals surface area contributed by atoms with Gasteiger partial charge in [-0.3, -0.25) is 4.99 Å². The Labute approximate surface area is 111 Å². The van der Waals surface area contributed by atoms with Gasteiger partial charge in [-0.05, 0) is 6.92 Å². The first kappa shape index (κ1) is 14.9. The summed E-state index contributed by atoms with van der Waals surface area (Å²) in [7, 11) is 0. The molecule has 0 aromatic heterocycles. The van der Waals surface area contributed by atoms with Crippen molar-refractivity contribution >= 4 is 6.21 Å². The van der Waals surface area contributed by atoms with E-state index in [0.29, 0.717) is 6.54 Å². The summed E-state index contributed by atoms with van der Waals surface area (Å²) in [5.74, 6) is -1.18. The van der Waals surface area contributed by atoms with E-state index in [4.69, 9.17) is 10.5 Å². The highest BCUT2D eigenvalue weighted by molar-refractivity contribution is 5.81. The van der Waals surface area contributed by atoms with Crippen LogP contribution >= 0.6 is 0 Å². The quantitative estimate of drug-likeness (QED) is 0.489. The smallest absolute Gasteiger partial charge is 0.129 e. The van der Waals surface area contributed by atoms with Crippen LogP contribution in [0.2, 0.25) is 0 Å². The summed E-state index contributed by atoms with van der Waals surface area (Å²) < 4.78 is 30.9. The van der Waals surface area contributed by atoms with Gasteiger partial charge in [0.1, 0.15) is 24.0 Å². The molecule has 102 valence electrons. The Hall–Kier alpha value is -2.17. The van der Waals surface area contributed by atoms with Crippen LogP contribution in [0.15, 0.2) is 47.1 Å². The van der Waals surface area contributed by atoms with E-state index in [0.717, 1.165) is 23.8 Å². The Balaban J connectivity index is 2.40. The van der Waals surface area contributed by atoms with Crippen LogP contribution < -0.4 is 10.5 Å². The van der Waals surface area contributed by atoms with E-state index < -0.39 is 11.6 Å². The van der Waals surface area contributed by atoms with Gasteiger partial charge < -0.3 is 10.5 Å². The van der Waals surface area contributed by atoms with Gasteiger partial charge >= 0.3 is 0 Å². The maximum Gasteiger partial charge on any atom is 0.129 e. The third-order valence-electron chi connectivity index (χ3n) is 2.12. The lowest BCUT2D eigenvalue weighted by Gasteiger charge is -2.04. The summed E-state index contributed by atoms with van der Waals surface area (Å²) in [6.45, 7) is 2.47. The first-order valence-corrected chi connectivity index (χ1v) is 5.79. The van der Waals surface area contributed by atoms with Gasteiger partial charge in [0, 0.05) is 36.2 Å². The maximum atomic E-state index is 12.9. The number of benzene rings is 1. The Kier molecular flexibility index (Phi) is 6.29. The lowest BCUT2D eigenvalue weighted by Crippen LogP contribution is -2.02. The Morgan fingerprint density at radius 3 is 2.58 bits per heavy atom. The van der Waals surface area contributed by atoms with Crippen LogP contribution in [0, 0.1) is 11.6 Å². The van der Waals surface area contributed by atoms with Crippen molar-refractivity contribution in [3.8, 4) is 5.75 Å². The second kappa shape index (κ2) is 8.02. The molecule has 0 aliphatic rings. The lowest BCUT2D eigenvalue weighted by atomic mass is 10.3. The van der Waals surface area contributed by atoms with Crippen LogP contribution in [0.25, 0.3) is 0 Å². The van der Waals surface area contributed by atoms with Crippen molar-refractivity contribution in [3.63, 3.8) is 0 Å². The molecule has 0 bridgehead atoms. The standard InChI is InChI=1S/C14H16F2N2O/c1-2-3-11(9-17)10-18-4-5-19-14-7-12(15)6-13(16)8-14/h2-3,6-10H,4-5,17H2,1H3/b3-2+,11-9?,18-10?. The van der Waals surface area contributed by atoms with Gasteiger partial charge in [0.25, 0.3) is 0 Å². The van der Waals surface area contributed by atoms with Crippen LogP contribution in [0.1, 0.15) is 6.92 Å². The largest absolute Gasteiger partial charge is 0.491 e. The number of halogens is 2. The number of ether oxygens (including phenoxy) is 1. The highest BCUT2D eigenvalue weighted by Gasteiger charge is 2.00. The average Bonchev–Trinajstić information content (AvgIpc) is 2.36. The van der Waals surface area contributed by atoms with Crippen LogP contribution in [0.4, 0.5) is 8.78 Å². The minimum atomic E-state index is -0.667. The van der Waals surface area contributed by atoms with Gasteiger partial charge in [-0.2, -0.15) is 0 Å². The summed E-state index contributed by atoms with van der Waals surface area (Å²) >= 11 is 0. The highest BCUT2D eigenvalue weighted by atomic mass is 19.1. The predicted molar refractivity (Wildman–Crippen MR) is 72.3 cm³/mol. The molecule has 0 unspecified atom stereocenters. The van der Waals surface area contributed by atoms with E-state index in [2.05, 4.69) is 4.99 Å². The lowest BCUT2D eigenvalue weighted by molar-refractivity contribution is 0.325. The number of hydrogen-bond donors (Lipinski definition) is 1. The first-order chi connectivity index (χ1) is 9.15. The second-order valence-electron chi connectivity index (χ2n) is 3.66. The monoisotopic (exact) mass is 266 g/mol. The molecule has 0 spiro atoms. The summed E-state index contributed by atoms with van der Waals surface area (Å²) in [6.07, 6.45) is 6.70. The molecule has 1 rings (SSSR count). The molecular formula is C14H16F2N2O. The van der Waals surface area contributed by atoms with Crippen molar-refractivity contribution in [1.29, 1.82) is 0 Å². The number of hydrogen-bond acceptors (Lipinski definition) is 3. The molecule has 0 aliphatic carbocycles. The van der Waals surface area contributed by atoms with E-state index in [-0.39, 0.29) is 12.4 Å². The predicted octanol–water partition coefficient (Wildman–Crippen LogP) is 2.83. The van der Waals surface area contributed by atoms with E-state index in [9.17, 15) is 8.78 Å². The van der Waals surface area contributed by atoms with Crippen molar-refractivity contribution in [2.24, 2.45) is 10.7 Å². The van der Waals surface area contributed by atoms with Gasteiger partial charge in [-0.15, -0.1) is 0 Å². The average molecular weight is 266 g/mol. The summed E-state index contributed by atoms with van der Waals surface area (Å²) in [6, 6.07) is 3.04. The molecule has 1 aromatic carbocycles. The Morgan fingerprint density at radius 1 is 1.32 bits per heavy atom. The zero-order valence-electron chi connectivity index (χ0n) is 10.6. The molecule has 5 heteroatoms. The number of allylic oxidation sites excluding steroid dienone is 3. The summed E-state index contributed by atoms with van der Waals surface area (Å²) in [4.78, 5) is 4.08. The zero-order valence-corrected chi connectivity index (χ0v) is 10.6. The molecule has 2 N–H and O–H groups in total. The first-order valence-electron chi connectivity index (χ1n) is 5.79. The fraction of sp³-hybridized carbons (Fsp3) is 0.214. The van der Waals surface area contributed by atoms with E-state index >= 15 is 0 Å². The fourth-order valence-electron chi connectivity index (χ4n) is 1.33. The molecule has 0 fully saturated rings. The van der Waals surface area contributed by atoms with Gasteiger partial charge in [-0.25, -0.2) is 8.78 Å². The van der Waals surface area contributed by atoms with Crippen molar-refractivity contribution in [1.82, 2.24) is 0 Å². The topological polar surface area (TPSA) is 47.6 Å². The second-order valence-corrected chi connectivity index (χ2v) is 3.66. The van der Waals surface area contributed by atoms with Crippen LogP contribution in [0.5, 0.6) is 5.75 Å². The van der Waals surface area contributed by atoms with E-state index in [1.54, 1.807) is 6.21 Å². The molecule has 0 aliphatic heterocycles. The zero-order chi connectivity index (χ0) is 14.1. The van der Waals surface area contributed by atoms with E-state index in [1.807, 2.05) is 19.1 Å². The maximum absolute atomic E-state index is 12.9. The molecule has 0 amide bonds. The van der Waals surface area contributed by atoms with Crippen LogP contribution in [-0.2, 0) is 0 Å². The molecule has 0 heterocycles. The van der Waals surface area contributed by atoms with Crippen LogP contribution in [0.3, 0.4) is 0 Å². The third kappa shape index (κ3) is 5.81.